The molecule has 0 aliphatic heterocycles. The number of aliphatic carboxylic acids is 1. The number of hydrogen-bond acceptors (Lipinski definition) is 2. The Hall–Kier alpha value is -0.880. The molecule has 0 aliphatic rings. The molecule has 0 bridgehead atoms. The molecule has 0 aliphatic carbocycles. The molecule has 0 saturated carbocycles. The van der Waals surface area contributed by atoms with E-state index in [0.717, 1.165) is 20.4 Å². The highest BCUT2D eigenvalue weighted by atomic mass is 79.9. The van der Waals surface area contributed by atoms with Gasteiger partial charge in [0.25, 0.3) is 0 Å². The van der Waals surface area contributed by atoms with Crippen molar-refractivity contribution in [2.45, 2.75) is 12.8 Å². The van der Waals surface area contributed by atoms with Gasteiger partial charge in [0.1, 0.15) is 10.4 Å². The lowest BCUT2D eigenvalue weighted by Crippen LogP contribution is -2.01. The molecule has 0 unspecified atom stereocenters. The second kappa shape index (κ2) is 4.55. The minimum absolute atomic E-state index is 0.0814. The molecule has 0 fully saturated rings. The first-order valence-corrected chi connectivity index (χ1v) is 6.21. The molecule has 0 spiro atoms. The van der Waals surface area contributed by atoms with Crippen LogP contribution in [-0.4, -0.2) is 20.5 Å². The molecule has 16 heavy (non-hydrogen) atoms. The molecule has 0 aromatic carbocycles. The maximum atomic E-state index is 10.5. The lowest BCUT2D eigenvalue weighted by molar-refractivity contribution is -0.137. The fraction of sp³-hybridized carbons (Fsp3) is 0.200. The minimum Gasteiger partial charge on any atom is -0.481 e. The number of carboxylic acid groups (broad SMARTS) is 1. The van der Waals surface area contributed by atoms with E-state index in [2.05, 4.69) is 36.8 Å². The smallest absolute Gasteiger partial charge is 0.303 e. The molecule has 0 radical (unpaired) electrons. The number of hydrogen-bond donors (Lipinski definition) is 1. The summed E-state index contributed by atoms with van der Waals surface area (Å²) in [7, 11) is 0. The quantitative estimate of drug-likeness (QED) is 0.928. The van der Waals surface area contributed by atoms with Crippen LogP contribution in [0.3, 0.4) is 0 Å². The van der Waals surface area contributed by atoms with E-state index in [1.54, 1.807) is 0 Å². The lowest BCUT2D eigenvalue weighted by Gasteiger charge is -2.00. The van der Waals surface area contributed by atoms with Crippen molar-refractivity contribution < 1.29 is 9.90 Å². The zero-order valence-corrected chi connectivity index (χ0v) is 11.3. The Labute approximate surface area is 109 Å². The van der Waals surface area contributed by atoms with Crippen molar-refractivity contribution in [3.05, 3.63) is 33.2 Å². The van der Waals surface area contributed by atoms with Crippen LogP contribution in [0.25, 0.3) is 5.52 Å². The van der Waals surface area contributed by atoms with Crippen molar-refractivity contribution in [2.75, 3.05) is 0 Å². The largest absolute Gasteiger partial charge is 0.481 e. The standard InChI is InChI=1S/C10H8Br2N2O2/c11-6-2-1-5-14-7(3-4-8(15)16)13-10(12)9(6)14/h1-2,5H,3-4H2,(H,15,16). The van der Waals surface area contributed by atoms with Crippen LogP contribution in [0.15, 0.2) is 27.4 Å². The fourth-order valence-corrected chi connectivity index (χ4v) is 2.92. The first-order valence-electron chi connectivity index (χ1n) is 4.62. The maximum Gasteiger partial charge on any atom is 0.303 e. The number of aromatic nitrogens is 2. The number of fused-ring (bicyclic) bond motifs is 1. The summed E-state index contributed by atoms with van der Waals surface area (Å²) >= 11 is 6.80. The molecule has 0 amide bonds. The molecular weight excluding hydrogens is 340 g/mol. The Morgan fingerprint density at radius 2 is 2.25 bits per heavy atom. The zero-order chi connectivity index (χ0) is 11.7. The highest BCUT2D eigenvalue weighted by molar-refractivity contribution is 9.11. The van der Waals surface area contributed by atoms with Crippen LogP contribution in [0.5, 0.6) is 0 Å². The molecule has 0 saturated heterocycles. The van der Waals surface area contributed by atoms with Crippen LogP contribution in [0.1, 0.15) is 12.2 Å². The van der Waals surface area contributed by atoms with Gasteiger partial charge >= 0.3 is 5.97 Å². The van der Waals surface area contributed by atoms with E-state index in [-0.39, 0.29) is 6.42 Å². The van der Waals surface area contributed by atoms with Gasteiger partial charge in [-0.05, 0) is 44.0 Å². The molecule has 2 rings (SSSR count). The van der Waals surface area contributed by atoms with Crippen LogP contribution in [0.2, 0.25) is 0 Å². The second-order valence-electron chi connectivity index (χ2n) is 3.29. The summed E-state index contributed by atoms with van der Waals surface area (Å²) in [6.07, 6.45) is 2.37. The van der Waals surface area contributed by atoms with Gasteiger partial charge in [0, 0.05) is 17.1 Å². The first kappa shape index (κ1) is 11.6. The number of imidazole rings is 1. The SMILES string of the molecule is O=C(O)CCc1nc(Br)c2c(Br)cccn12. The van der Waals surface area contributed by atoms with E-state index in [4.69, 9.17) is 5.11 Å². The third-order valence-electron chi connectivity index (χ3n) is 2.21. The molecule has 84 valence electrons. The Morgan fingerprint density at radius 1 is 1.50 bits per heavy atom. The zero-order valence-electron chi connectivity index (χ0n) is 8.15. The van der Waals surface area contributed by atoms with E-state index in [9.17, 15) is 4.79 Å². The number of rotatable bonds is 3. The van der Waals surface area contributed by atoms with E-state index >= 15 is 0 Å². The average molecular weight is 348 g/mol. The predicted octanol–water partition coefficient (Wildman–Crippen LogP) is 2.88. The maximum absolute atomic E-state index is 10.5. The van der Waals surface area contributed by atoms with Crippen molar-refractivity contribution in [3.8, 4) is 0 Å². The Balaban J connectivity index is 2.47. The summed E-state index contributed by atoms with van der Waals surface area (Å²) in [5.41, 5.74) is 0.919. The van der Waals surface area contributed by atoms with E-state index in [0.29, 0.717) is 6.42 Å². The highest BCUT2D eigenvalue weighted by Crippen LogP contribution is 2.26. The summed E-state index contributed by atoms with van der Waals surface area (Å²) in [6, 6.07) is 3.80. The van der Waals surface area contributed by atoms with Gasteiger partial charge in [0.15, 0.2) is 0 Å². The van der Waals surface area contributed by atoms with Crippen molar-refractivity contribution in [1.82, 2.24) is 9.38 Å². The molecule has 2 aromatic heterocycles. The van der Waals surface area contributed by atoms with Crippen molar-refractivity contribution in [3.63, 3.8) is 0 Å². The number of halogens is 2. The molecular formula is C10H8Br2N2O2. The Kier molecular flexibility index (Phi) is 3.30. The molecule has 1 N–H and O–H groups in total. The average Bonchev–Trinajstić information content (AvgIpc) is 2.54. The van der Waals surface area contributed by atoms with Crippen LogP contribution >= 0.6 is 31.9 Å². The number of carboxylic acids is 1. The van der Waals surface area contributed by atoms with Crippen LogP contribution in [-0.2, 0) is 11.2 Å². The number of pyridine rings is 1. The van der Waals surface area contributed by atoms with Crippen molar-refractivity contribution in [2.24, 2.45) is 0 Å². The van der Waals surface area contributed by atoms with Gasteiger partial charge in [-0.15, -0.1) is 0 Å². The molecule has 4 nitrogen and oxygen atoms in total. The van der Waals surface area contributed by atoms with Gasteiger partial charge in [-0.1, -0.05) is 0 Å². The van der Waals surface area contributed by atoms with E-state index in [1.165, 1.54) is 0 Å². The highest BCUT2D eigenvalue weighted by Gasteiger charge is 2.12. The van der Waals surface area contributed by atoms with E-state index < -0.39 is 5.97 Å². The van der Waals surface area contributed by atoms with Gasteiger partial charge in [-0.3, -0.25) is 4.79 Å². The molecule has 6 heteroatoms. The monoisotopic (exact) mass is 346 g/mol. The third-order valence-corrected chi connectivity index (χ3v) is 3.40. The van der Waals surface area contributed by atoms with Crippen molar-refractivity contribution >= 4 is 43.3 Å². The first-order chi connectivity index (χ1) is 7.59. The second-order valence-corrected chi connectivity index (χ2v) is 4.89. The van der Waals surface area contributed by atoms with Gasteiger partial charge < -0.3 is 9.51 Å². The van der Waals surface area contributed by atoms with Gasteiger partial charge in [0.05, 0.1) is 11.9 Å². The predicted molar refractivity (Wildman–Crippen MR) is 66.5 cm³/mol. The van der Waals surface area contributed by atoms with Crippen molar-refractivity contribution in [1.29, 1.82) is 0 Å². The Bertz CT molecular complexity index is 551. The number of carbonyl (C=O) groups is 1. The number of aryl methyl sites for hydroxylation is 1. The number of nitrogens with zero attached hydrogens (tertiary/aromatic N) is 2. The van der Waals surface area contributed by atoms with Crippen LogP contribution in [0.4, 0.5) is 0 Å². The molecule has 0 atom stereocenters. The van der Waals surface area contributed by atoms with Gasteiger partial charge in [-0.25, -0.2) is 4.98 Å². The molecule has 2 aromatic rings. The summed E-state index contributed by atoms with van der Waals surface area (Å²) in [5.74, 6) is -0.0755. The summed E-state index contributed by atoms with van der Waals surface area (Å²) in [4.78, 5) is 14.8. The Morgan fingerprint density at radius 3 is 2.94 bits per heavy atom. The van der Waals surface area contributed by atoms with Crippen LogP contribution in [0, 0.1) is 0 Å². The summed E-state index contributed by atoms with van der Waals surface area (Å²) in [5, 5.41) is 8.65. The van der Waals surface area contributed by atoms with Gasteiger partial charge in [0.2, 0.25) is 0 Å². The molecule has 2 heterocycles. The van der Waals surface area contributed by atoms with E-state index in [1.807, 2.05) is 22.7 Å². The topological polar surface area (TPSA) is 54.6 Å². The van der Waals surface area contributed by atoms with Gasteiger partial charge in [-0.2, -0.15) is 0 Å². The fourth-order valence-electron chi connectivity index (χ4n) is 1.51. The third kappa shape index (κ3) is 2.12. The summed E-state index contributed by atoms with van der Waals surface area (Å²) in [6.45, 7) is 0. The minimum atomic E-state index is -0.817. The normalized spacial score (nSPS) is 10.9. The lowest BCUT2D eigenvalue weighted by atomic mass is 10.3. The van der Waals surface area contributed by atoms with Crippen LogP contribution < -0.4 is 0 Å². The summed E-state index contributed by atoms with van der Waals surface area (Å²) < 4.78 is 3.54.